The summed E-state index contributed by atoms with van der Waals surface area (Å²) in [5.41, 5.74) is 3.48. The Balaban J connectivity index is 1.68. The Bertz CT molecular complexity index is 848. The molecule has 5 nitrogen and oxygen atoms in total. The first-order valence-electron chi connectivity index (χ1n) is 7.44. The van der Waals surface area contributed by atoms with E-state index in [2.05, 4.69) is 5.48 Å². The average Bonchev–Trinajstić information content (AvgIpc) is 3.11. The highest BCUT2D eigenvalue weighted by Crippen LogP contribution is 2.37. The third-order valence-electron chi connectivity index (χ3n) is 4.12. The number of benzene rings is 2. The van der Waals surface area contributed by atoms with Crippen molar-refractivity contribution in [3.05, 3.63) is 71.3 Å². The molecule has 6 heteroatoms. The maximum Gasteiger partial charge on any atom is 0.273 e. The molecule has 2 heterocycles. The Morgan fingerprint density at radius 1 is 1.04 bits per heavy atom. The molecule has 2 aromatic carbocycles. The summed E-state index contributed by atoms with van der Waals surface area (Å²) in [5.74, 6) is -0.684. The van der Waals surface area contributed by atoms with Crippen molar-refractivity contribution in [3.63, 3.8) is 0 Å². The zero-order valence-corrected chi connectivity index (χ0v) is 13.3. The van der Waals surface area contributed by atoms with Crippen LogP contribution in [0.25, 0.3) is 5.70 Å². The summed E-state index contributed by atoms with van der Waals surface area (Å²) in [6.07, 6.45) is 1.63. The molecule has 2 amide bonds. The van der Waals surface area contributed by atoms with E-state index in [1.807, 2.05) is 18.2 Å². The first-order valence-corrected chi connectivity index (χ1v) is 7.82. The summed E-state index contributed by atoms with van der Waals surface area (Å²) in [5, 5.41) is 0.621. The van der Waals surface area contributed by atoms with Gasteiger partial charge in [0.2, 0.25) is 11.5 Å². The fourth-order valence-electron chi connectivity index (χ4n) is 2.92. The predicted octanol–water partition coefficient (Wildman–Crippen LogP) is 2.92. The predicted molar refractivity (Wildman–Crippen MR) is 89.9 cm³/mol. The third kappa shape index (κ3) is 2.29. The van der Waals surface area contributed by atoms with Crippen LogP contribution in [0.1, 0.15) is 12.0 Å². The van der Waals surface area contributed by atoms with E-state index >= 15 is 0 Å². The van der Waals surface area contributed by atoms with Crippen LogP contribution in [-0.2, 0) is 14.4 Å². The van der Waals surface area contributed by atoms with Crippen molar-refractivity contribution in [1.82, 2.24) is 5.48 Å². The van der Waals surface area contributed by atoms with Gasteiger partial charge in [0.05, 0.1) is 17.8 Å². The van der Waals surface area contributed by atoms with Crippen LogP contribution in [0.15, 0.2) is 60.7 Å². The molecular weight excluding hydrogens is 328 g/mol. The number of hydrogen-bond acceptors (Lipinski definition) is 4. The SMILES string of the molecule is O=C1C[C@]2(C=C(c3ccc(Cl)cc3)NO2)C(=O)N1c1ccccc1. The number of imide groups is 1. The number of nitrogens with zero attached hydrogens (tertiary/aromatic N) is 1. The number of halogens is 1. The Kier molecular flexibility index (Phi) is 3.40. The second kappa shape index (κ2) is 5.47. The molecule has 1 atom stereocenters. The summed E-state index contributed by atoms with van der Waals surface area (Å²) in [6.45, 7) is 0. The molecule has 0 aliphatic carbocycles. The highest BCUT2D eigenvalue weighted by molar-refractivity contribution is 6.30. The van der Waals surface area contributed by atoms with E-state index in [9.17, 15) is 9.59 Å². The molecular formula is C18H13ClN2O3. The van der Waals surface area contributed by atoms with Crippen LogP contribution in [0.3, 0.4) is 0 Å². The molecule has 4 rings (SSSR count). The quantitative estimate of drug-likeness (QED) is 0.854. The highest BCUT2D eigenvalue weighted by Gasteiger charge is 2.55. The van der Waals surface area contributed by atoms with Gasteiger partial charge < -0.3 is 0 Å². The lowest BCUT2D eigenvalue weighted by Crippen LogP contribution is -2.40. The van der Waals surface area contributed by atoms with E-state index in [4.69, 9.17) is 16.4 Å². The maximum atomic E-state index is 12.8. The molecule has 0 bridgehead atoms. The topological polar surface area (TPSA) is 58.6 Å². The van der Waals surface area contributed by atoms with Crippen molar-refractivity contribution in [2.45, 2.75) is 12.0 Å². The summed E-state index contributed by atoms with van der Waals surface area (Å²) >= 11 is 5.89. The first-order chi connectivity index (χ1) is 11.6. The van der Waals surface area contributed by atoms with Crippen molar-refractivity contribution in [3.8, 4) is 0 Å². The molecule has 24 heavy (non-hydrogen) atoms. The number of nitrogens with one attached hydrogen (secondary N) is 1. The largest absolute Gasteiger partial charge is 0.274 e. The Hall–Kier alpha value is -2.63. The molecule has 0 unspecified atom stereocenters. The van der Waals surface area contributed by atoms with Crippen LogP contribution >= 0.6 is 11.6 Å². The van der Waals surface area contributed by atoms with Gasteiger partial charge >= 0.3 is 0 Å². The number of amides is 2. The maximum absolute atomic E-state index is 12.8. The average molecular weight is 341 g/mol. The second-order valence-electron chi connectivity index (χ2n) is 5.71. The van der Waals surface area contributed by atoms with E-state index in [-0.39, 0.29) is 12.3 Å². The van der Waals surface area contributed by atoms with Crippen molar-refractivity contribution >= 4 is 34.8 Å². The van der Waals surface area contributed by atoms with E-state index in [1.54, 1.807) is 42.5 Å². The highest BCUT2D eigenvalue weighted by atomic mass is 35.5. The van der Waals surface area contributed by atoms with Gasteiger partial charge in [0.1, 0.15) is 0 Å². The van der Waals surface area contributed by atoms with Gasteiger partial charge in [-0.3, -0.25) is 19.9 Å². The van der Waals surface area contributed by atoms with Gasteiger partial charge in [0.25, 0.3) is 5.91 Å². The molecule has 0 saturated carbocycles. The van der Waals surface area contributed by atoms with Crippen molar-refractivity contribution in [2.24, 2.45) is 0 Å². The Labute approximate surface area is 143 Å². The molecule has 2 aliphatic rings. The summed E-state index contributed by atoms with van der Waals surface area (Å²) in [6, 6.07) is 16.0. The summed E-state index contributed by atoms with van der Waals surface area (Å²) < 4.78 is 0. The van der Waals surface area contributed by atoms with E-state index in [0.29, 0.717) is 16.4 Å². The Morgan fingerprint density at radius 2 is 1.75 bits per heavy atom. The molecule has 1 N–H and O–H groups in total. The second-order valence-corrected chi connectivity index (χ2v) is 6.14. The minimum Gasteiger partial charge on any atom is -0.274 e. The van der Waals surface area contributed by atoms with Gasteiger partial charge in [-0.1, -0.05) is 41.9 Å². The summed E-state index contributed by atoms with van der Waals surface area (Å²) in [4.78, 5) is 31.9. The number of anilines is 1. The lowest BCUT2D eigenvalue weighted by Gasteiger charge is -2.18. The number of para-hydroxylation sites is 1. The fourth-order valence-corrected chi connectivity index (χ4v) is 3.05. The monoisotopic (exact) mass is 340 g/mol. The number of rotatable bonds is 2. The minimum atomic E-state index is -1.30. The first kappa shape index (κ1) is 14.9. The lowest BCUT2D eigenvalue weighted by atomic mass is 9.99. The molecule has 1 fully saturated rings. The Morgan fingerprint density at radius 3 is 2.46 bits per heavy atom. The van der Waals surface area contributed by atoms with Crippen LogP contribution in [0.5, 0.6) is 0 Å². The standard InChI is InChI=1S/C18H13ClN2O3/c19-13-8-6-12(7-9-13)15-10-18(24-20-15)11-16(22)21(17(18)23)14-4-2-1-3-5-14/h1-10,20H,11H2/t18-/m1/s1. The molecule has 0 radical (unpaired) electrons. The van der Waals surface area contributed by atoms with Crippen LogP contribution in [-0.4, -0.2) is 17.4 Å². The van der Waals surface area contributed by atoms with E-state index in [0.717, 1.165) is 5.56 Å². The molecule has 1 saturated heterocycles. The smallest absolute Gasteiger partial charge is 0.273 e. The third-order valence-corrected chi connectivity index (χ3v) is 4.37. The summed E-state index contributed by atoms with van der Waals surface area (Å²) in [7, 11) is 0. The number of carbonyl (C=O) groups excluding carboxylic acids is 2. The van der Waals surface area contributed by atoms with Crippen molar-refractivity contribution < 1.29 is 14.4 Å². The number of hydrogen-bond donors (Lipinski definition) is 1. The molecule has 120 valence electrons. The zero-order valence-electron chi connectivity index (χ0n) is 12.5. The molecule has 0 aromatic heterocycles. The van der Waals surface area contributed by atoms with Crippen molar-refractivity contribution in [1.29, 1.82) is 0 Å². The molecule has 2 aromatic rings. The van der Waals surface area contributed by atoms with Gasteiger partial charge in [-0.05, 0) is 35.9 Å². The normalized spacial score (nSPS) is 22.9. The van der Waals surface area contributed by atoms with Crippen LogP contribution in [0.2, 0.25) is 5.02 Å². The minimum absolute atomic E-state index is 0.0369. The lowest BCUT2D eigenvalue weighted by molar-refractivity contribution is -0.136. The van der Waals surface area contributed by atoms with E-state index in [1.165, 1.54) is 4.90 Å². The number of carbonyl (C=O) groups is 2. The van der Waals surface area contributed by atoms with Crippen molar-refractivity contribution in [2.75, 3.05) is 4.90 Å². The van der Waals surface area contributed by atoms with Crippen LogP contribution < -0.4 is 10.4 Å². The molecule has 2 aliphatic heterocycles. The van der Waals surface area contributed by atoms with Gasteiger partial charge in [0.15, 0.2) is 0 Å². The van der Waals surface area contributed by atoms with Crippen LogP contribution in [0.4, 0.5) is 5.69 Å². The van der Waals surface area contributed by atoms with E-state index < -0.39 is 11.5 Å². The molecule has 1 spiro atoms. The van der Waals surface area contributed by atoms with Gasteiger partial charge in [-0.25, -0.2) is 4.90 Å². The van der Waals surface area contributed by atoms with Gasteiger partial charge in [-0.2, -0.15) is 0 Å². The van der Waals surface area contributed by atoms with Gasteiger partial charge in [0, 0.05) is 5.02 Å². The fraction of sp³-hybridized carbons (Fsp3) is 0.111. The van der Waals surface area contributed by atoms with Crippen LogP contribution in [0, 0.1) is 0 Å². The van der Waals surface area contributed by atoms with Gasteiger partial charge in [-0.15, -0.1) is 0 Å². The number of hydroxylamine groups is 1. The zero-order chi connectivity index (χ0) is 16.7.